The minimum atomic E-state index is -0.619. The van der Waals surface area contributed by atoms with Crippen molar-refractivity contribution in [3.8, 4) is 0 Å². The molecular weight excluding hydrogens is 447 g/mol. The fourth-order valence-electron chi connectivity index (χ4n) is 2.91. The molecule has 0 spiro atoms. The van der Waals surface area contributed by atoms with E-state index in [0.29, 0.717) is 28.3 Å². The molecule has 152 valence electrons. The van der Waals surface area contributed by atoms with Crippen LogP contribution in [0.15, 0.2) is 28.7 Å². The van der Waals surface area contributed by atoms with Crippen molar-refractivity contribution in [2.75, 3.05) is 5.32 Å². The number of aromatic nitrogens is 4. The number of carbonyl (C=O) groups is 1. The summed E-state index contributed by atoms with van der Waals surface area (Å²) in [6.45, 7) is 5.17. The number of aryl methyl sites for hydroxylation is 1. The second kappa shape index (κ2) is 8.11. The summed E-state index contributed by atoms with van der Waals surface area (Å²) in [6, 6.07) is 6.42. The average molecular weight is 465 g/mol. The summed E-state index contributed by atoms with van der Waals surface area (Å²) in [6.07, 6.45) is 0. The quantitative estimate of drug-likeness (QED) is 0.443. The number of halogens is 2. The lowest BCUT2D eigenvalue weighted by atomic mass is 10.2. The van der Waals surface area contributed by atoms with Crippen LogP contribution in [0.25, 0.3) is 0 Å². The molecule has 0 saturated heterocycles. The number of nitrogens with one attached hydrogen (secondary N) is 1. The lowest BCUT2D eigenvalue weighted by Crippen LogP contribution is -2.21. The molecule has 1 N–H and O–H groups in total. The zero-order valence-electron chi connectivity index (χ0n) is 15.9. The van der Waals surface area contributed by atoms with Crippen molar-refractivity contribution in [3.63, 3.8) is 0 Å². The number of carbonyl (C=O) groups excluding carboxylic acids is 1. The van der Waals surface area contributed by atoms with Crippen LogP contribution >= 0.6 is 15.9 Å². The van der Waals surface area contributed by atoms with Crippen molar-refractivity contribution in [3.05, 3.63) is 67.3 Å². The number of nitro groups is 1. The van der Waals surface area contributed by atoms with Gasteiger partial charge in [-0.1, -0.05) is 18.2 Å². The predicted molar refractivity (Wildman–Crippen MR) is 107 cm³/mol. The Bertz CT molecular complexity index is 1110. The van der Waals surface area contributed by atoms with Crippen molar-refractivity contribution >= 4 is 33.3 Å². The molecular formula is C18H18BrFN6O3. The lowest BCUT2D eigenvalue weighted by molar-refractivity contribution is -0.390. The van der Waals surface area contributed by atoms with E-state index in [-0.39, 0.29) is 29.2 Å². The third kappa shape index (κ3) is 4.19. The largest absolute Gasteiger partial charge is 0.404 e. The van der Waals surface area contributed by atoms with E-state index in [1.165, 1.54) is 10.7 Å². The second-order valence-electron chi connectivity index (χ2n) is 6.48. The molecule has 1 aromatic carbocycles. The first kappa shape index (κ1) is 20.6. The maximum absolute atomic E-state index is 13.9. The van der Waals surface area contributed by atoms with Crippen molar-refractivity contribution < 1.29 is 14.1 Å². The van der Waals surface area contributed by atoms with Crippen LogP contribution in [0, 0.1) is 36.7 Å². The van der Waals surface area contributed by atoms with Gasteiger partial charge in [0, 0.05) is 5.56 Å². The monoisotopic (exact) mass is 464 g/mol. The Morgan fingerprint density at radius 1 is 1.21 bits per heavy atom. The summed E-state index contributed by atoms with van der Waals surface area (Å²) in [7, 11) is 0. The van der Waals surface area contributed by atoms with Crippen molar-refractivity contribution in [1.82, 2.24) is 19.6 Å². The van der Waals surface area contributed by atoms with E-state index in [1.54, 1.807) is 43.7 Å². The van der Waals surface area contributed by atoms with Gasteiger partial charge in [-0.2, -0.15) is 9.78 Å². The standard InChI is InChI=1S/C18H18BrFN6O3/c1-10-17(12(3)24(22-10)8-13-6-4-5-7-14(13)20)21-15(27)9-25-11(2)16(19)18(23-25)26(28)29/h4-7H,8-9H2,1-3H3,(H,21,27). The number of hydrogen-bond donors (Lipinski definition) is 1. The van der Waals surface area contributed by atoms with Gasteiger partial charge in [-0.3, -0.25) is 9.48 Å². The van der Waals surface area contributed by atoms with Gasteiger partial charge in [0.1, 0.15) is 16.8 Å². The van der Waals surface area contributed by atoms with Crippen LogP contribution < -0.4 is 5.32 Å². The molecule has 0 atom stereocenters. The molecule has 1 amide bonds. The molecule has 0 aliphatic rings. The third-order valence-electron chi connectivity index (χ3n) is 4.51. The highest BCUT2D eigenvalue weighted by Gasteiger charge is 2.25. The first-order chi connectivity index (χ1) is 13.7. The summed E-state index contributed by atoms with van der Waals surface area (Å²) < 4.78 is 17.0. The molecule has 0 saturated carbocycles. The molecule has 0 bridgehead atoms. The van der Waals surface area contributed by atoms with Gasteiger partial charge in [-0.25, -0.2) is 4.39 Å². The minimum Gasteiger partial charge on any atom is -0.358 e. The average Bonchev–Trinajstić information content (AvgIpc) is 3.08. The van der Waals surface area contributed by atoms with Crippen LogP contribution in [-0.2, 0) is 17.9 Å². The van der Waals surface area contributed by atoms with E-state index >= 15 is 0 Å². The Kier molecular flexibility index (Phi) is 5.78. The Labute approximate surface area is 173 Å². The van der Waals surface area contributed by atoms with Crippen molar-refractivity contribution in [2.24, 2.45) is 0 Å². The van der Waals surface area contributed by atoms with Crippen LogP contribution in [0.5, 0.6) is 0 Å². The molecule has 9 nitrogen and oxygen atoms in total. The summed E-state index contributed by atoms with van der Waals surface area (Å²) in [5.74, 6) is -1.08. The SMILES string of the molecule is Cc1nn(Cc2ccccc2F)c(C)c1NC(=O)Cn1nc([N+](=O)[O-])c(Br)c1C. The molecule has 3 aromatic rings. The fraction of sp³-hybridized carbons (Fsp3) is 0.278. The summed E-state index contributed by atoms with van der Waals surface area (Å²) in [5, 5.41) is 22.0. The molecule has 11 heteroatoms. The summed E-state index contributed by atoms with van der Waals surface area (Å²) in [5.41, 5.74) is 2.72. The zero-order chi connectivity index (χ0) is 21.3. The van der Waals surface area contributed by atoms with E-state index in [0.717, 1.165) is 0 Å². The van der Waals surface area contributed by atoms with E-state index in [2.05, 4.69) is 31.4 Å². The molecule has 3 rings (SSSR count). The van der Waals surface area contributed by atoms with E-state index in [9.17, 15) is 19.3 Å². The number of amides is 1. The molecule has 0 radical (unpaired) electrons. The number of nitrogens with zero attached hydrogens (tertiary/aromatic N) is 5. The zero-order valence-corrected chi connectivity index (χ0v) is 17.5. The first-order valence-electron chi connectivity index (χ1n) is 8.63. The predicted octanol–water partition coefficient (Wildman–Crippen LogP) is 3.50. The topological polar surface area (TPSA) is 108 Å². The Morgan fingerprint density at radius 3 is 2.52 bits per heavy atom. The van der Waals surface area contributed by atoms with Gasteiger partial charge in [0.05, 0.1) is 34.4 Å². The lowest BCUT2D eigenvalue weighted by Gasteiger charge is -2.08. The number of hydrogen-bond acceptors (Lipinski definition) is 5. The molecule has 2 aromatic heterocycles. The molecule has 0 unspecified atom stereocenters. The summed E-state index contributed by atoms with van der Waals surface area (Å²) in [4.78, 5) is 22.9. The van der Waals surface area contributed by atoms with E-state index in [4.69, 9.17) is 0 Å². The maximum Gasteiger partial charge on any atom is 0.404 e. The van der Waals surface area contributed by atoms with Crippen LogP contribution in [-0.4, -0.2) is 30.4 Å². The third-order valence-corrected chi connectivity index (χ3v) is 5.44. The number of rotatable bonds is 6. The number of benzene rings is 1. The highest BCUT2D eigenvalue weighted by molar-refractivity contribution is 9.10. The molecule has 0 fully saturated rings. The Hall–Kier alpha value is -3.08. The molecule has 0 aliphatic heterocycles. The van der Waals surface area contributed by atoms with Gasteiger partial charge in [0.25, 0.3) is 0 Å². The van der Waals surface area contributed by atoms with Crippen LogP contribution in [0.1, 0.15) is 22.6 Å². The first-order valence-corrected chi connectivity index (χ1v) is 9.43. The van der Waals surface area contributed by atoms with E-state index < -0.39 is 10.8 Å². The van der Waals surface area contributed by atoms with E-state index in [1.807, 2.05) is 0 Å². The smallest absolute Gasteiger partial charge is 0.358 e. The normalized spacial score (nSPS) is 10.9. The van der Waals surface area contributed by atoms with Crippen LogP contribution in [0.3, 0.4) is 0 Å². The highest BCUT2D eigenvalue weighted by atomic mass is 79.9. The fourth-order valence-corrected chi connectivity index (χ4v) is 3.34. The van der Waals surface area contributed by atoms with Gasteiger partial charge < -0.3 is 15.4 Å². The van der Waals surface area contributed by atoms with Crippen LogP contribution in [0.4, 0.5) is 15.9 Å². The van der Waals surface area contributed by atoms with Gasteiger partial charge >= 0.3 is 5.82 Å². The van der Waals surface area contributed by atoms with Gasteiger partial charge in [0.15, 0.2) is 0 Å². The van der Waals surface area contributed by atoms with Gasteiger partial charge in [-0.05, 0) is 47.7 Å². The van der Waals surface area contributed by atoms with Gasteiger partial charge in [0.2, 0.25) is 5.91 Å². The number of anilines is 1. The van der Waals surface area contributed by atoms with Crippen molar-refractivity contribution in [1.29, 1.82) is 0 Å². The van der Waals surface area contributed by atoms with Crippen molar-refractivity contribution in [2.45, 2.75) is 33.9 Å². The van der Waals surface area contributed by atoms with Gasteiger partial charge in [-0.15, -0.1) is 0 Å². The molecule has 2 heterocycles. The van der Waals surface area contributed by atoms with Crippen LogP contribution in [0.2, 0.25) is 0 Å². The highest BCUT2D eigenvalue weighted by Crippen LogP contribution is 2.27. The minimum absolute atomic E-state index is 0.199. The Balaban J connectivity index is 1.78. The second-order valence-corrected chi connectivity index (χ2v) is 7.27. The Morgan fingerprint density at radius 2 is 1.90 bits per heavy atom. The summed E-state index contributed by atoms with van der Waals surface area (Å²) >= 11 is 3.12. The molecule has 29 heavy (non-hydrogen) atoms. The maximum atomic E-state index is 13.9. The molecule has 0 aliphatic carbocycles.